The van der Waals surface area contributed by atoms with Crippen molar-refractivity contribution in [3.8, 4) is 11.3 Å². The first-order valence-electron chi connectivity index (χ1n) is 6.81. The maximum atomic E-state index is 13.2. The first-order chi connectivity index (χ1) is 11.4. The van der Waals surface area contributed by atoms with Crippen molar-refractivity contribution in [2.75, 3.05) is 0 Å². The van der Waals surface area contributed by atoms with Crippen LogP contribution in [0.2, 0.25) is 0 Å². The number of benzene rings is 2. The molecular formula is C16H10F2N2O4. The zero-order valence-corrected chi connectivity index (χ0v) is 12.0. The maximum absolute atomic E-state index is 13.2. The quantitative estimate of drug-likeness (QED) is 0.557. The number of carboxylic acid groups (broad SMARTS) is 1. The molecule has 3 aromatic rings. The molecule has 0 radical (unpaired) electrons. The molecule has 3 rings (SSSR count). The van der Waals surface area contributed by atoms with Gasteiger partial charge < -0.3 is 5.11 Å². The molecule has 0 aliphatic rings. The molecule has 0 saturated heterocycles. The van der Waals surface area contributed by atoms with Gasteiger partial charge in [-0.15, -0.1) is 0 Å². The summed E-state index contributed by atoms with van der Waals surface area (Å²) in [4.78, 5) is 21.9. The third kappa shape index (κ3) is 2.47. The molecule has 0 aliphatic heterocycles. The summed E-state index contributed by atoms with van der Waals surface area (Å²) in [5.41, 5.74) is -0.424. The lowest BCUT2D eigenvalue weighted by molar-refractivity contribution is -0.384. The maximum Gasteiger partial charge on any atom is 0.416 e. The number of hydrogen-bond acceptors (Lipinski definition) is 3. The lowest BCUT2D eigenvalue weighted by Gasteiger charge is -2.10. The highest BCUT2D eigenvalue weighted by Crippen LogP contribution is 2.35. The monoisotopic (exact) mass is 332 g/mol. The van der Waals surface area contributed by atoms with E-state index in [1.807, 2.05) is 0 Å². The SMILES string of the molecule is O=C(O)n1c(-c2ccccc2C(F)F)cc2ccc([N+](=O)[O-])cc21. The average molecular weight is 332 g/mol. The summed E-state index contributed by atoms with van der Waals surface area (Å²) in [6, 6.07) is 10.7. The van der Waals surface area contributed by atoms with Crippen LogP contribution in [0.1, 0.15) is 12.0 Å². The van der Waals surface area contributed by atoms with Gasteiger partial charge in [0.1, 0.15) is 0 Å². The van der Waals surface area contributed by atoms with Crippen molar-refractivity contribution < 1.29 is 23.6 Å². The number of nitrogens with zero attached hydrogens (tertiary/aromatic N) is 2. The van der Waals surface area contributed by atoms with Crippen molar-refractivity contribution in [2.45, 2.75) is 6.43 Å². The minimum Gasteiger partial charge on any atom is -0.464 e. The van der Waals surface area contributed by atoms with E-state index < -0.39 is 17.4 Å². The van der Waals surface area contributed by atoms with E-state index in [0.29, 0.717) is 5.39 Å². The lowest BCUT2D eigenvalue weighted by atomic mass is 10.0. The van der Waals surface area contributed by atoms with Crippen molar-refractivity contribution >= 4 is 22.7 Å². The fourth-order valence-electron chi connectivity index (χ4n) is 2.63. The Balaban J connectivity index is 2.35. The van der Waals surface area contributed by atoms with Crippen LogP contribution in [-0.2, 0) is 0 Å². The molecule has 1 heterocycles. The molecule has 0 aliphatic carbocycles. The second kappa shape index (κ2) is 5.73. The number of carbonyl (C=O) groups is 1. The smallest absolute Gasteiger partial charge is 0.416 e. The Labute approximate surface area is 133 Å². The molecule has 0 atom stereocenters. The number of rotatable bonds is 3. The Kier molecular flexibility index (Phi) is 3.72. The highest BCUT2D eigenvalue weighted by molar-refractivity contribution is 5.97. The van der Waals surface area contributed by atoms with Crippen LogP contribution in [0.5, 0.6) is 0 Å². The van der Waals surface area contributed by atoms with Crippen LogP contribution in [0.15, 0.2) is 48.5 Å². The molecule has 0 fully saturated rings. The van der Waals surface area contributed by atoms with Gasteiger partial charge in [0, 0.05) is 28.6 Å². The lowest BCUT2D eigenvalue weighted by Crippen LogP contribution is -2.10. The van der Waals surface area contributed by atoms with E-state index in [4.69, 9.17) is 0 Å². The van der Waals surface area contributed by atoms with Crippen LogP contribution >= 0.6 is 0 Å². The average Bonchev–Trinajstić information content (AvgIpc) is 2.93. The highest BCUT2D eigenvalue weighted by atomic mass is 19.3. The molecule has 1 N–H and O–H groups in total. The molecule has 0 amide bonds. The van der Waals surface area contributed by atoms with Gasteiger partial charge in [-0.2, -0.15) is 0 Å². The summed E-state index contributed by atoms with van der Waals surface area (Å²) < 4.78 is 27.2. The van der Waals surface area contributed by atoms with Crippen LogP contribution in [0, 0.1) is 10.1 Å². The van der Waals surface area contributed by atoms with Gasteiger partial charge in [0.15, 0.2) is 0 Å². The predicted molar refractivity (Wildman–Crippen MR) is 82.4 cm³/mol. The minimum atomic E-state index is -2.78. The molecule has 1 aromatic heterocycles. The van der Waals surface area contributed by atoms with Crippen LogP contribution in [0.25, 0.3) is 22.2 Å². The number of aromatic nitrogens is 1. The number of nitro benzene ring substituents is 1. The Hall–Kier alpha value is -3.29. The predicted octanol–water partition coefficient (Wildman–Crippen LogP) is 4.68. The Bertz CT molecular complexity index is 966. The van der Waals surface area contributed by atoms with Crippen molar-refractivity contribution in [1.82, 2.24) is 4.57 Å². The van der Waals surface area contributed by atoms with Gasteiger partial charge in [0.05, 0.1) is 16.1 Å². The molecule has 6 nitrogen and oxygen atoms in total. The molecular weight excluding hydrogens is 322 g/mol. The third-order valence-corrected chi connectivity index (χ3v) is 3.66. The van der Waals surface area contributed by atoms with E-state index in [0.717, 1.165) is 10.6 Å². The van der Waals surface area contributed by atoms with E-state index in [2.05, 4.69) is 0 Å². The molecule has 0 bridgehead atoms. The van der Waals surface area contributed by atoms with Crippen molar-refractivity contribution in [1.29, 1.82) is 0 Å². The van der Waals surface area contributed by atoms with Crippen LogP contribution in [-0.4, -0.2) is 20.7 Å². The molecule has 122 valence electrons. The molecule has 0 saturated carbocycles. The largest absolute Gasteiger partial charge is 0.464 e. The van der Waals surface area contributed by atoms with Gasteiger partial charge in [-0.1, -0.05) is 24.3 Å². The van der Waals surface area contributed by atoms with E-state index >= 15 is 0 Å². The van der Waals surface area contributed by atoms with Gasteiger partial charge in [-0.3, -0.25) is 10.1 Å². The molecule has 2 aromatic carbocycles. The number of halogens is 2. The van der Waals surface area contributed by atoms with Crippen LogP contribution in [0.4, 0.5) is 19.3 Å². The van der Waals surface area contributed by atoms with Gasteiger partial charge in [-0.05, 0) is 12.1 Å². The second-order valence-corrected chi connectivity index (χ2v) is 5.04. The van der Waals surface area contributed by atoms with E-state index in [1.54, 1.807) is 0 Å². The summed E-state index contributed by atoms with van der Waals surface area (Å²) in [6.07, 6.45) is -4.19. The van der Waals surface area contributed by atoms with Crippen molar-refractivity contribution in [3.05, 3.63) is 64.2 Å². The zero-order valence-electron chi connectivity index (χ0n) is 12.0. The first kappa shape index (κ1) is 15.6. The van der Waals surface area contributed by atoms with Crippen molar-refractivity contribution in [2.24, 2.45) is 0 Å². The summed E-state index contributed by atoms with van der Waals surface area (Å²) in [5, 5.41) is 20.8. The minimum absolute atomic E-state index is 0.0360. The summed E-state index contributed by atoms with van der Waals surface area (Å²) in [5.74, 6) is 0. The Morgan fingerprint density at radius 3 is 2.50 bits per heavy atom. The van der Waals surface area contributed by atoms with E-state index in [1.165, 1.54) is 42.5 Å². The number of non-ortho nitro benzene ring substituents is 1. The van der Waals surface area contributed by atoms with E-state index in [9.17, 15) is 28.8 Å². The van der Waals surface area contributed by atoms with Crippen molar-refractivity contribution in [3.63, 3.8) is 0 Å². The molecule has 8 heteroatoms. The fraction of sp³-hybridized carbons (Fsp3) is 0.0625. The van der Waals surface area contributed by atoms with Crippen LogP contribution < -0.4 is 0 Å². The zero-order chi connectivity index (χ0) is 17.4. The highest BCUT2D eigenvalue weighted by Gasteiger charge is 2.22. The second-order valence-electron chi connectivity index (χ2n) is 5.04. The van der Waals surface area contributed by atoms with Gasteiger partial charge in [0.2, 0.25) is 0 Å². The topological polar surface area (TPSA) is 85.4 Å². The molecule has 0 spiro atoms. The summed E-state index contributed by atoms with van der Waals surface area (Å²) in [7, 11) is 0. The number of fused-ring (bicyclic) bond motifs is 1. The first-order valence-corrected chi connectivity index (χ1v) is 6.81. The Morgan fingerprint density at radius 1 is 1.17 bits per heavy atom. The molecule has 24 heavy (non-hydrogen) atoms. The summed E-state index contributed by atoms with van der Waals surface area (Å²) >= 11 is 0. The third-order valence-electron chi connectivity index (χ3n) is 3.66. The van der Waals surface area contributed by atoms with E-state index in [-0.39, 0.29) is 28.0 Å². The van der Waals surface area contributed by atoms with Crippen LogP contribution in [0.3, 0.4) is 0 Å². The number of hydrogen-bond donors (Lipinski definition) is 1. The fourth-order valence-corrected chi connectivity index (χ4v) is 2.63. The summed E-state index contributed by atoms with van der Waals surface area (Å²) in [6.45, 7) is 0. The number of nitro groups is 1. The van der Waals surface area contributed by atoms with Gasteiger partial charge in [-0.25, -0.2) is 18.1 Å². The number of alkyl halides is 2. The molecule has 0 unspecified atom stereocenters. The Morgan fingerprint density at radius 2 is 1.88 bits per heavy atom. The van der Waals surface area contributed by atoms with Gasteiger partial charge in [0.25, 0.3) is 12.1 Å². The van der Waals surface area contributed by atoms with Gasteiger partial charge >= 0.3 is 6.09 Å². The normalized spacial score (nSPS) is 11.1. The standard InChI is InChI=1S/C16H10F2N2O4/c17-15(18)12-4-2-1-3-11(12)14-7-9-5-6-10(20(23)24)8-13(9)19(14)16(21)22/h1-8,15H,(H,21,22).